The lowest BCUT2D eigenvalue weighted by molar-refractivity contribution is 0.0506. The third-order valence-electron chi connectivity index (χ3n) is 4.11. The first-order chi connectivity index (χ1) is 10.7. The van der Waals surface area contributed by atoms with Crippen molar-refractivity contribution in [3.63, 3.8) is 0 Å². The van der Waals surface area contributed by atoms with Crippen molar-refractivity contribution in [2.75, 3.05) is 6.54 Å². The van der Waals surface area contributed by atoms with Crippen LogP contribution in [0.1, 0.15) is 63.3 Å². The number of amides is 1. The number of fused-ring (bicyclic) bond motifs is 1. The van der Waals surface area contributed by atoms with Gasteiger partial charge in [0, 0.05) is 12.1 Å². The summed E-state index contributed by atoms with van der Waals surface area (Å²) in [6.07, 6.45) is 2.86. The van der Waals surface area contributed by atoms with Crippen LogP contribution in [0.3, 0.4) is 0 Å². The molecule has 4 nitrogen and oxygen atoms in total. The number of hydrogen-bond donors (Lipinski definition) is 2. The van der Waals surface area contributed by atoms with Crippen molar-refractivity contribution < 1.29 is 9.53 Å². The van der Waals surface area contributed by atoms with E-state index >= 15 is 0 Å². The summed E-state index contributed by atoms with van der Waals surface area (Å²) in [5.74, 6) is 0. The van der Waals surface area contributed by atoms with Gasteiger partial charge in [0.2, 0.25) is 0 Å². The highest BCUT2D eigenvalue weighted by molar-refractivity contribution is 5.68. The van der Waals surface area contributed by atoms with Gasteiger partial charge in [-0.2, -0.15) is 0 Å². The molecule has 0 aliphatic heterocycles. The van der Waals surface area contributed by atoms with E-state index in [1.165, 1.54) is 16.7 Å². The van der Waals surface area contributed by atoms with Crippen molar-refractivity contribution >= 4 is 6.09 Å². The molecule has 2 atom stereocenters. The molecule has 0 heterocycles. The molecule has 1 aromatic carbocycles. The SMILES string of the molecule is Cc1ccc2c(c1)C(NCCC(C)NC(=O)OC(C)(C)C)CC2. The number of ether oxygens (including phenoxy) is 1. The Kier molecular flexibility index (Phi) is 5.69. The molecule has 1 amide bonds. The van der Waals surface area contributed by atoms with Gasteiger partial charge in [-0.1, -0.05) is 23.8 Å². The molecule has 1 aromatic rings. The third kappa shape index (κ3) is 5.54. The predicted octanol–water partition coefficient (Wildman–Crippen LogP) is 3.88. The summed E-state index contributed by atoms with van der Waals surface area (Å²) in [5, 5.41) is 6.51. The molecule has 0 spiro atoms. The van der Waals surface area contributed by atoms with Crippen LogP contribution in [0.5, 0.6) is 0 Å². The number of hydrogen-bond acceptors (Lipinski definition) is 3. The molecule has 2 N–H and O–H groups in total. The summed E-state index contributed by atoms with van der Waals surface area (Å²) >= 11 is 0. The highest BCUT2D eigenvalue weighted by Crippen LogP contribution is 2.31. The van der Waals surface area contributed by atoms with E-state index in [9.17, 15) is 4.79 Å². The van der Waals surface area contributed by atoms with Crippen molar-refractivity contribution in [1.82, 2.24) is 10.6 Å². The number of carbonyl (C=O) groups is 1. The predicted molar refractivity (Wildman–Crippen MR) is 93.7 cm³/mol. The van der Waals surface area contributed by atoms with Crippen molar-refractivity contribution in [3.8, 4) is 0 Å². The third-order valence-corrected chi connectivity index (χ3v) is 4.11. The fourth-order valence-corrected chi connectivity index (χ4v) is 2.99. The maximum absolute atomic E-state index is 11.7. The molecule has 2 rings (SSSR count). The average Bonchev–Trinajstić information content (AvgIpc) is 2.79. The highest BCUT2D eigenvalue weighted by Gasteiger charge is 2.22. The zero-order valence-corrected chi connectivity index (χ0v) is 15.0. The maximum atomic E-state index is 11.7. The first-order valence-electron chi connectivity index (χ1n) is 8.57. The Bertz CT molecular complexity index is 549. The molecule has 128 valence electrons. The summed E-state index contributed by atoms with van der Waals surface area (Å²) in [5.41, 5.74) is 3.77. The van der Waals surface area contributed by atoms with Crippen LogP contribution in [0.2, 0.25) is 0 Å². The number of carbonyl (C=O) groups excluding carboxylic acids is 1. The fraction of sp³-hybridized carbons (Fsp3) is 0.632. The zero-order valence-electron chi connectivity index (χ0n) is 15.0. The molecular weight excluding hydrogens is 288 g/mol. The van der Waals surface area contributed by atoms with Gasteiger partial charge in [-0.3, -0.25) is 0 Å². The van der Waals surface area contributed by atoms with E-state index in [2.05, 4.69) is 35.8 Å². The van der Waals surface area contributed by atoms with Crippen LogP contribution in [-0.2, 0) is 11.2 Å². The van der Waals surface area contributed by atoms with E-state index in [1.807, 2.05) is 27.7 Å². The molecule has 0 aromatic heterocycles. The van der Waals surface area contributed by atoms with Gasteiger partial charge in [0.15, 0.2) is 0 Å². The lowest BCUT2D eigenvalue weighted by Crippen LogP contribution is -2.39. The Morgan fingerprint density at radius 1 is 1.39 bits per heavy atom. The average molecular weight is 318 g/mol. The van der Waals surface area contributed by atoms with Crippen LogP contribution in [0, 0.1) is 6.92 Å². The van der Waals surface area contributed by atoms with E-state index < -0.39 is 5.60 Å². The minimum atomic E-state index is -0.451. The van der Waals surface area contributed by atoms with Gasteiger partial charge in [-0.25, -0.2) is 4.79 Å². The summed E-state index contributed by atoms with van der Waals surface area (Å²) in [6, 6.07) is 7.27. The molecule has 0 radical (unpaired) electrons. The number of rotatable bonds is 5. The van der Waals surface area contributed by atoms with Gasteiger partial charge in [0.25, 0.3) is 0 Å². The monoisotopic (exact) mass is 318 g/mol. The second-order valence-electron chi connectivity index (χ2n) is 7.58. The normalized spacial score (nSPS) is 18.4. The van der Waals surface area contributed by atoms with Gasteiger partial charge >= 0.3 is 6.09 Å². The van der Waals surface area contributed by atoms with Crippen molar-refractivity contribution in [2.45, 2.75) is 71.6 Å². The molecule has 4 heteroatoms. The van der Waals surface area contributed by atoms with Crippen molar-refractivity contribution in [1.29, 1.82) is 0 Å². The van der Waals surface area contributed by atoms with E-state index in [4.69, 9.17) is 4.74 Å². The molecule has 0 fully saturated rings. The number of benzene rings is 1. The van der Waals surface area contributed by atoms with Gasteiger partial charge < -0.3 is 15.4 Å². The van der Waals surface area contributed by atoms with Crippen molar-refractivity contribution in [2.24, 2.45) is 0 Å². The second kappa shape index (κ2) is 7.35. The van der Waals surface area contributed by atoms with E-state index in [1.54, 1.807) is 0 Å². The first kappa shape index (κ1) is 17.8. The van der Waals surface area contributed by atoms with Gasteiger partial charge in [-0.05, 0) is 71.6 Å². The summed E-state index contributed by atoms with van der Waals surface area (Å²) in [4.78, 5) is 11.7. The molecule has 0 saturated carbocycles. The first-order valence-corrected chi connectivity index (χ1v) is 8.57. The minimum Gasteiger partial charge on any atom is -0.444 e. The molecule has 1 aliphatic rings. The largest absolute Gasteiger partial charge is 0.444 e. The van der Waals surface area contributed by atoms with E-state index in [0.29, 0.717) is 6.04 Å². The van der Waals surface area contributed by atoms with Crippen LogP contribution >= 0.6 is 0 Å². The summed E-state index contributed by atoms with van der Waals surface area (Å²) in [6.45, 7) is 10.7. The van der Waals surface area contributed by atoms with Gasteiger partial charge in [0.1, 0.15) is 5.60 Å². The van der Waals surface area contributed by atoms with Crippen LogP contribution in [0.15, 0.2) is 18.2 Å². The quantitative estimate of drug-likeness (QED) is 0.866. The van der Waals surface area contributed by atoms with Crippen LogP contribution < -0.4 is 10.6 Å². The summed E-state index contributed by atoms with van der Waals surface area (Å²) < 4.78 is 5.28. The Morgan fingerprint density at radius 3 is 2.83 bits per heavy atom. The standard InChI is InChI=1S/C19H30N2O2/c1-13-6-7-15-8-9-17(16(15)12-13)20-11-10-14(2)21-18(22)23-19(3,4)5/h6-7,12,14,17,20H,8-11H2,1-5H3,(H,21,22). The lowest BCUT2D eigenvalue weighted by Gasteiger charge is -2.22. The second-order valence-corrected chi connectivity index (χ2v) is 7.58. The Hall–Kier alpha value is -1.55. The number of nitrogens with one attached hydrogen (secondary N) is 2. The topological polar surface area (TPSA) is 50.4 Å². The molecular formula is C19H30N2O2. The Labute approximate surface area is 140 Å². The molecule has 23 heavy (non-hydrogen) atoms. The number of alkyl carbamates (subject to hydrolysis) is 1. The van der Waals surface area contributed by atoms with E-state index in [-0.39, 0.29) is 12.1 Å². The number of aryl methyl sites for hydroxylation is 2. The van der Waals surface area contributed by atoms with E-state index in [0.717, 1.165) is 25.8 Å². The zero-order chi connectivity index (χ0) is 17.0. The highest BCUT2D eigenvalue weighted by atomic mass is 16.6. The van der Waals surface area contributed by atoms with Crippen LogP contribution in [0.4, 0.5) is 4.79 Å². The Morgan fingerprint density at radius 2 is 2.13 bits per heavy atom. The Balaban J connectivity index is 1.74. The molecule has 0 bridgehead atoms. The fourth-order valence-electron chi connectivity index (χ4n) is 2.99. The van der Waals surface area contributed by atoms with Crippen LogP contribution in [0.25, 0.3) is 0 Å². The minimum absolute atomic E-state index is 0.0933. The van der Waals surface area contributed by atoms with Crippen molar-refractivity contribution in [3.05, 3.63) is 34.9 Å². The van der Waals surface area contributed by atoms with Crippen LogP contribution in [-0.4, -0.2) is 24.3 Å². The smallest absolute Gasteiger partial charge is 0.407 e. The summed E-state index contributed by atoms with van der Waals surface area (Å²) in [7, 11) is 0. The van der Waals surface area contributed by atoms with Gasteiger partial charge in [-0.15, -0.1) is 0 Å². The molecule has 0 saturated heterocycles. The molecule has 2 unspecified atom stereocenters. The van der Waals surface area contributed by atoms with Gasteiger partial charge in [0.05, 0.1) is 0 Å². The molecule has 1 aliphatic carbocycles. The maximum Gasteiger partial charge on any atom is 0.407 e. The lowest BCUT2D eigenvalue weighted by atomic mass is 10.0.